The number of aromatic hydroxyl groups is 1. The fraction of sp³-hybridized carbons (Fsp3) is 0.588. The van der Waals surface area contributed by atoms with Crippen LogP contribution in [0, 0.1) is 6.92 Å². The number of aliphatic imine (C=N–C) groups is 1. The number of hydrogen-bond acceptors (Lipinski definition) is 4. The zero-order valence-electron chi connectivity index (χ0n) is 14.1. The first kappa shape index (κ1) is 17.7. The van der Waals surface area contributed by atoms with Gasteiger partial charge in [-0.3, -0.25) is 9.89 Å². The van der Waals surface area contributed by atoms with E-state index in [1.807, 2.05) is 13.0 Å². The van der Waals surface area contributed by atoms with E-state index in [4.69, 9.17) is 0 Å². The standard InChI is InChI=1S/C17H29N3O/c1-6-18-12-15-10-14(3)11-16(17(15)21)13-20(7-2)9-8-19(4)5/h10-12,21H,6-9,13H2,1-5H3. The fourth-order valence-corrected chi connectivity index (χ4v) is 2.22. The van der Waals surface area contributed by atoms with Crippen LogP contribution in [0.3, 0.4) is 0 Å². The molecule has 1 aromatic rings. The predicted molar refractivity (Wildman–Crippen MR) is 90.5 cm³/mol. The topological polar surface area (TPSA) is 39.1 Å². The van der Waals surface area contributed by atoms with Crippen LogP contribution in [0.1, 0.15) is 30.5 Å². The zero-order chi connectivity index (χ0) is 15.8. The van der Waals surface area contributed by atoms with Gasteiger partial charge in [0, 0.05) is 43.5 Å². The number of benzene rings is 1. The molecule has 0 atom stereocenters. The van der Waals surface area contributed by atoms with Gasteiger partial charge in [-0.25, -0.2) is 0 Å². The lowest BCUT2D eigenvalue weighted by molar-refractivity contribution is 0.241. The van der Waals surface area contributed by atoms with E-state index in [-0.39, 0.29) is 0 Å². The Kier molecular flexibility index (Phi) is 7.40. The van der Waals surface area contributed by atoms with Crippen molar-refractivity contribution < 1.29 is 5.11 Å². The molecule has 0 saturated carbocycles. The zero-order valence-corrected chi connectivity index (χ0v) is 14.1. The van der Waals surface area contributed by atoms with E-state index in [9.17, 15) is 5.11 Å². The molecular weight excluding hydrogens is 262 g/mol. The summed E-state index contributed by atoms with van der Waals surface area (Å²) in [6, 6.07) is 4.05. The number of hydrogen-bond donors (Lipinski definition) is 1. The van der Waals surface area contributed by atoms with E-state index in [0.717, 1.165) is 49.4 Å². The maximum Gasteiger partial charge on any atom is 0.128 e. The first-order valence-corrected chi connectivity index (χ1v) is 7.67. The summed E-state index contributed by atoms with van der Waals surface area (Å²) in [5, 5.41) is 10.4. The van der Waals surface area contributed by atoms with Crippen LogP contribution >= 0.6 is 0 Å². The number of phenols is 1. The van der Waals surface area contributed by atoms with E-state index in [2.05, 4.69) is 48.8 Å². The summed E-state index contributed by atoms with van der Waals surface area (Å²) >= 11 is 0. The highest BCUT2D eigenvalue weighted by molar-refractivity contribution is 5.84. The Labute approximate surface area is 129 Å². The minimum Gasteiger partial charge on any atom is -0.507 e. The molecule has 0 aliphatic carbocycles. The molecule has 0 saturated heterocycles. The van der Waals surface area contributed by atoms with Crippen molar-refractivity contribution in [3.8, 4) is 5.75 Å². The lowest BCUT2D eigenvalue weighted by atomic mass is 10.0. The number of aryl methyl sites for hydroxylation is 1. The van der Waals surface area contributed by atoms with Crippen LogP contribution in [-0.4, -0.2) is 61.4 Å². The maximum atomic E-state index is 10.4. The Morgan fingerprint density at radius 1 is 1.19 bits per heavy atom. The van der Waals surface area contributed by atoms with E-state index < -0.39 is 0 Å². The van der Waals surface area contributed by atoms with E-state index in [0.29, 0.717) is 5.75 Å². The molecule has 0 aliphatic heterocycles. The average molecular weight is 291 g/mol. The van der Waals surface area contributed by atoms with Crippen molar-refractivity contribution in [1.29, 1.82) is 0 Å². The summed E-state index contributed by atoms with van der Waals surface area (Å²) in [5.74, 6) is 0.362. The van der Waals surface area contributed by atoms with Crippen LogP contribution in [0.2, 0.25) is 0 Å². The van der Waals surface area contributed by atoms with E-state index in [1.165, 1.54) is 0 Å². The molecular formula is C17H29N3O. The molecule has 0 fully saturated rings. The summed E-state index contributed by atoms with van der Waals surface area (Å²) in [4.78, 5) is 8.76. The Morgan fingerprint density at radius 3 is 2.48 bits per heavy atom. The molecule has 0 spiro atoms. The van der Waals surface area contributed by atoms with Gasteiger partial charge in [-0.2, -0.15) is 0 Å². The lowest BCUT2D eigenvalue weighted by Crippen LogP contribution is -2.31. The lowest BCUT2D eigenvalue weighted by Gasteiger charge is -2.23. The van der Waals surface area contributed by atoms with Gasteiger partial charge >= 0.3 is 0 Å². The molecule has 1 N–H and O–H groups in total. The van der Waals surface area contributed by atoms with Crippen LogP contribution < -0.4 is 0 Å². The third-order valence-corrected chi connectivity index (χ3v) is 3.48. The van der Waals surface area contributed by atoms with Gasteiger partial charge in [-0.05, 0) is 46.1 Å². The van der Waals surface area contributed by atoms with E-state index in [1.54, 1.807) is 6.21 Å². The second kappa shape index (κ2) is 8.80. The highest BCUT2D eigenvalue weighted by Gasteiger charge is 2.11. The average Bonchev–Trinajstić information content (AvgIpc) is 2.44. The normalized spacial score (nSPS) is 12.0. The molecule has 0 aromatic heterocycles. The van der Waals surface area contributed by atoms with Crippen LogP contribution in [0.5, 0.6) is 5.75 Å². The SMILES string of the molecule is CCN=Cc1cc(C)cc(CN(CC)CCN(C)C)c1O. The molecule has 1 aromatic carbocycles. The summed E-state index contributed by atoms with van der Waals surface area (Å²) in [7, 11) is 4.16. The van der Waals surface area contributed by atoms with Crippen molar-refractivity contribution in [3.63, 3.8) is 0 Å². The van der Waals surface area contributed by atoms with Gasteiger partial charge in [0.2, 0.25) is 0 Å². The highest BCUT2D eigenvalue weighted by atomic mass is 16.3. The van der Waals surface area contributed by atoms with Crippen LogP contribution in [0.4, 0.5) is 0 Å². The minimum absolute atomic E-state index is 0.362. The van der Waals surface area contributed by atoms with Gasteiger partial charge in [-0.15, -0.1) is 0 Å². The minimum atomic E-state index is 0.362. The summed E-state index contributed by atoms with van der Waals surface area (Å²) < 4.78 is 0. The smallest absolute Gasteiger partial charge is 0.128 e. The van der Waals surface area contributed by atoms with Crippen molar-refractivity contribution in [2.75, 3.05) is 40.3 Å². The van der Waals surface area contributed by atoms with Gasteiger partial charge in [0.25, 0.3) is 0 Å². The molecule has 21 heavy (non-hydrogen) atoms. The number of likely N-dealkylation sites (N-methyl/N-ethyl adjacent to an activating group) is 2. The first-order valence-electron chi connectivity index (χ1n) is 7.67. The highest BCUT2D eigenvalue weighted by Crippen LogP contribution is 2.24. The first-order chi connectivity index (χ1) is 9.97. The maximum absolute atomic E-state index is 10.4. The van der Waals surface area contributed by atoms with Crippen LogP contribution in [0.25, 0.3) is 0 Å². The molecule has 0 heterocycles. The van der Waals surface area contributed by atoms with E-state index >= 15 is 0 Å². The quantitative estimate of drug-likeness (QED) is 0.748. The molecule has 4 nitrogen and oxygen atoms in total. The Hall–Kier alpha value is -1.39. The number of rotatable bonds is 8. The molecule has 0 unspecified atom stereocenters. The number of nitrogens with zero attached hydrogens (tertiary/aromatic N) is 3. The van der Waals surface area contributed by atoms with Gasteiger partial charge in [0.15, 0.2) is 0 Å². The van der Waals surface area contributed by atoms with Gasteiger partial charge < -0.3 is 10.0 Å². The van der Waals surface area contributed by atoms with Crippen molar-refractivity contribution in [2.45, 2.75) is 27.3 Å². The van der Waals surface area contributed by atoms with Crippen LogP contribution in [0.15, 0.2) is 17.1 Å². The predicted octanol–water partition coefficient (Wildman–Crippen LogP) is 2.52. The largest absolute Gasteiger partial charge is 0.507 e. The second-order valence-electron chi connectivity index (χ2n) is 5.66. The Balaban J connectivity index is 2.90. The third kappa shape index (κ3) is 5.86. The monoisotopic (exact) mass is 291 g/mol. The van der Waals surface area contributed by atoms with Crippen molar-refractivity contribution in [3.05, 3.63) is 28.8 Å². The Bertz CT molecular complexity index is 469. The molecule has 4 heteroatoms. The molecule has 118 valence electrons. The molecule has 0 aliphatic rings. The van der Waals surface area contributed by atoms with Gasteiger partial charge in [0.1, 0.15) is 5.75 Å². The summed E-state index contributed by atoms with van der Waals surface area (Å²) in [6.45, 7) is 10.7. The number of phenolic OH excluding ortho intramolecular Hbond substituents is 1. The molecule has 0 amide bonds. The van der Waals surface area contributed by atoms with Crippen molar-refractivity contribution in [2.24, 2.45) is 4.99 Å². The summed E-state index contributed by atoms with van der Waals surface area (Å²) in [5.41, 5.74) is 2.95. The van der Waals surface area contributed by atoms with Gasteiger partial charge in [0.05, 0.1) is 0 Å². The van der Waals surface area contributed by atoms with Crippen LogP contribution in [-0.2, 0) is 6.54 Å². The molecule has 0 bridgehead atoms. The fourth-order valence-electron chi connectivity index (χ4n) is 2.22. The summed E-state index contributed by atoms with van der Waals surface area (Å²) in [6.07, 6.45) is 1.77. The van der Waals surface area contributed by atoms with Crippen molar-refractivity contribution in [1.82, 2.24) is 9.80 Å². The van der Waals surface area contributed by atoms with Crippen molar-refractivity contribution >= 4 is 6.21 Å². The molecule has 1 rings (SSSR count). The Morgan fingerprint density at radius 2 is 1.90 bits per heavy atom. The third-order valence-electron chi connectivity index (χ3n) is 3.48. The van der Waals surface area contributed by atoms with Gasteiger partial charge in [-0.1, -0.05) is 13.0 Å². The second-order valence-corrected chi connectivity index (χ2v) is 5.66. The molecule has 0 radical (unpaired) electrons.